The molecule has 7 nitrogen and oxygen atoms in total. The molecule has 1 aromatic heterocycles. The Balaban J connectivity index is 1.80. The Labute approximate surface area is 149 Å². The quantitative estimate of drug-likeness (QED) is 0.864. The fraction of sp³-hybridized carbons (Fsp3) is 0.722. The number of carbonyl (C=O) groups excluding carboxylic acids is 1. The molecular weight excluding hydrogens is 318 g/mol. The van der Waals surface area contributed by atoms with Crippen molar-refractivity contribution in [3.63, 3.8) is 0 Å². The van der Waals surface area contributed by atoms with Crippen LogP contribution in [-0.4, -0.2) is 73.1 Å². The van der Waals surface area contributed by atoms with Crippen molar-refractivity contribution in [2.75, 3.05) is 52.8 Å². The molecule has 0 unspecified atom stereocenters. The van der Waals surface area contributed by atoms with Crippen molar-refractivity contribution in [3.05, 3.63) is 17.1 Å². The van der Waals surface area contributed by atoms with E-state index in [1.165, 1.54) is 6.42 Å². The molecule has 0 radical (unpaired) electrons. The van der Waals surface area contributed by atoms with Crippen molar-refractivity contribution in [3.8, 4) is 0 Å². The summed E-state index contributed by atoms with van der Waals surface area (Å²) in [4.78, 5) is 26.2. The van der Waals surface area contributed by atoms with Crippen LogP contribution in [0, 0.1) is 0 Å². The number of anilines is 1. The van der Waals surface area contributed by atoms with E-state index in [9.17, 15) is 4.79 Å². The minimum absolute atomic E-state index is 0.132. The number of carbonyl (C=O) groups is 1. The highest BCUT2D eigenvalue weighted by Crippen LogP contribution is 2.29. The number of likely N-dealkylation sites (N-methyl/N-ethyl adjacent to an activating group) is 1. The van der Waals surface area contributed by atoms with Crippen LogP contribution in [-0.2, 0) is 22.5 Å². The molecule has 0 aromatic carbocycles. The zero-order chi connectivity index (χ0) is 17.8. The first-order valence-electron chi connectivity index (χ1n) is 9.15. The van der Waals surface area contributed by atoms with Gasteiger partial charge in [-0.05, 0) is 26.4 Å². The summed E-state index contributed by atoms with van der Waals surface area (Å²) < 4.78 is 5.02. The van der Waals surface area contributed by atoms with E-state index < -0.39 is 0 Å². The summed E-state index contributed by atoms with van der Waals surface area (Å²) in [6.07, 6.45) is 3.56. The molecule has 1 atom stereocenters. The van der Waals surface area contributed by atoms with Crippen molar-refractivity contribution in [2.45, 2.75) is 38.1 Å². The number of fused-ring (bicyclic) bond motifs is 1. The molecule has 0 aliphatic carbocycles. The topological polar surface area (TPSA) is 70.6 Å². The average Bonchev–Trinajstić information content (AvgIpc) is 2.64. The SMILES string of the molecule is CNc1nc([C@@H]2CCCN(C)C2)nc2c1CN(C(=O)CCOC)CC2. The van der Waals surface area contributed by atoms with Crippen LogP contribution in [0.2, 0.25) is 0 Å². The standard InChI is InChI=1S/C18H29N5O2/c1-19-18-14-12-23(16(24)7-10-25-3)9-6-15(14)20-17(21-18)13-5-4-8-22(2)11-13/h13H,4-12H2,1-3H3,(H,19,20,21)/t13-/m1/s1. The van der Waals surface area contributed by atoms with Crippen molar-refractivity contribution < 1.29 is 9.53 Å². The zero-order valence-electron chi connectivity index (χ0n) is 15.5. The summed E-state index contributed by atoms with van der Waals surface area (Å²) >= 11 is 0. The molecule has 0 spiro atoms. The normalized spacial score (nSPS) is 21.1. The van der Waals surface area contributed by atoms with Gasteiger partial charge in [-0.15, -0.1) is 0 Å². The van der Waals surface area contributed by atoms with E-state index in [1.54, 1.807) is 7.11 Å². The van der Waals surface area contributed by atoms with Crippen LogP contribution < -0.4 is 5.32 Å². The smallest absolute Gasteiger partial charge is 0.225 e. The first-order valence-corrected chi connectivity index (χ1v) is 9.15. The van der Waals surface area contributed by atoms with Gasteiger partial charge in [0.05, 0.1) is 25.3 Å². The van der Waals surface area contributed by atoms with Gasteiger partial charge in [-0.1, -0.05) is 0 Å². The Morgan fingerprint density at radius 1 is 1.36 bits per heavy atom. The van der Waals surface area contributed by atoms with E-state index in [0.29, 0.717) is 25.5 Å². The summed E-state index contributed by atoms with van der Waals surface area (Å²) in [6.45, 7) is 3.94. The second-order valence-corrected chi connectivity index (χ2v) is 7.02. The predicted molar refractivity (Wildman–Crippen MR) is 96.7 cm³/mol. The maximum atomic E-state index is 12.3. The van der Waals surface area contributed by atoms with E-state index in [1.807, 2.05) is 11.9 Å². The van der Waals surface area contributed by atoms with Gasteiger partial charge < -0.3 is 19.9 Å². The van der Waals surface area contributed by atoms with Crippen LogP contribution in [0.1, 0.15) is 42.3 Å². The summed E-state index contributed by atoms with van der Waals surface area (Å²) in [6, 6.07) is 0. The fourth-order valence-electron chi connectivity index (χ4n) is 3.76. The minimum Gasteiger partial charge on any atom is -0.384 e. The lowest BCUT2D eigenvalue weighted by atomic mass is 9.96. The molecule has 1 N–H and O–H groups in total. The van der Waals surface area contributed by atoms with Crippen LogP contribution in [0.4, 0.5) is 5.82 Å². The van der Waals surface area contributed by atoms with Gasteiger partial charge in [0.25, 0.3) is 0 Å². The lowest BCUT2D eigenvalue weighted by molar-refractivity contribution is -0.133. The maximum absolute atomic E-state index is 12.3. The molecule has 1 amide bonds. The number of nitrogens with one attached hydrogen (secondary N) is 1. The van der Waals surface area contributed by atoms with Gasteiger partial charge in [0, 0.05) is 45.1 Å². The van der Waals surface area contributed by atoms with E-state index in [0.717, 1.165) is 55.4 Å². The van der Waals surface area contributed by atoms with E-state index in [2.05, 4.69) is 17.3 Å². The molecule has 2 aliphatic heterocycles. The third-order valence-electron chi connectivity index (χ3n) is 5.18. The van der Waals surface area contributed by atoms with Crippen LogP contribution >= 0.6 is 0 Å². The lowest BCUT2D eigenvalue weighted by Gasteiger charge is -2.32. The molecule has 25 heavy (non-hydrogen) atoms. The molecule has 0 bridgehead atoms. The fourth-order valence-corrected chi connectivity index (χ4v) is 3.76. The van der Waals surface area contributed by atoms with Gasteiger partial charge in [-0.3, -0.25) is 4.79 Å². The first-order chi connectivity index (χ1) is 12.1. The Kier molecular flexibility index (Phi) is 5.86. The molecule has 3 heterocycles. The van der Waals surface area contributed by atoms with E-state index in [-0.39, 0.29) is 5.91 Å². The van der Waals surface area contributed by atoms with Gasteiger partial charge in [0.2, 0.25) is 5.91 Å². The van der Waals surface area contributed by atoms with Crippen molar-refractivity contribution in [1.82, 2.24) is 19.8 Å². The zero-order valence-corrected chi connectivity index (χ0v) is 15.5. The van der Waals surface area contributed by atoms with Crippen LogP contribution in [0.25, 0.3) is 0 Å². The number of piperidine rings is 1. The Morgan fingerprint density at radius 3 is 2.92 bits per heavy atom. The molecule has 7 heteroatoms. The molecule has 1 saturated heterocycles. The lowest BCUT2D eigenvalue weighted by Crippen LogP contribution is -2.38. The average molecular weight is 347 g/mol. The van der Waals surface area contributed by atoms with Crippen molar-refractivity contribution in [2.24, 2.45) is 0 Å². The highest BCUT2D eigenvalue weighted by atomic mass is 16.5. The van der Waals surface area contributed by atoms with Gasteiger partial charge in [-0.25, -0.2) is 9.97 Å². The summed E-state index contributed by atoms with van der Waals surface area (Å²) in [5, 5.41) is 3.22. The molecule has 1 fully saturated rings. The molecule has 3 rings (SSSR count). The van der Waals surface area contributed by atoms with Gasteiger partial charge in [-0.2, -0.15) is 0 Å². The maximum Gasteiger partial charge on any atom is 0.225 e. The van der Waals surface area contributed by atoms with Gasteiger partial charge in [0.1, 0.15) is 11.6 Å². The molecular formula is C18H29N5O2. The van der Waals surface area contributed by atoms with Crippen molar-refractivity contribution >= 4 is 11.7 Å². The predicted octanol–water partition coefficient (Wildman–Crippen LogP) is 1.25. The van der Waals surface area contributed by atoms with Crippen LogP contribution in [0.3, 0.4) is 0 Å². The first kappa shape index (κ1) is 18.1. The van der Waals surface area contributed by atoms with Gasteiger partial charge in [0.15, 0.2) is 0 Å². The number of nitrogens with zero attached hydrogens (tertiary/aromatic N) is 4. The number of amides is 1. The number of rotatable bonds is 5. The molecule has 138 valence electrons. The van der Waals surface area contributed by atoms with E-state index in [4.69, 9.17) is 14.7 Å². The summed E-state index contributed by atoms with van der Waals surface area (Å²) in [7, 11) is 5.67. The Morgan fingerprint density at radius 2 is 2.20 bits per heavy atom. The molecule has 2 aliphatic rings. The van der Waals surface area contributed by atoms with Crippen molar-refractivity contribution in [1.29, 1.82) is 0 Å². The van der Waals surface area contributed by atoms with E-state index >= 15 is 0 Å². The largest absolute Gasteiger partial charge is 0.384 e. The third kappa shape index (κ3) is 4.10. The second-order valence-electron chi connectivity index (χ2n) is 7.02. The highest BCUT2D eigenvalue weighted by molar-refractivity contribution is 5.76. The number of ether oxygens (including phenoxy) is 1. The number of hydrogen-bond donors (Lipinski definition) is 1. The second kappa shape index (κ2) is 8.10. The molecule has 1 aromatic rings. The van der Waals surface area contributed by atoms with Crippen LogP contribution in [0.5, 0.6) is 0 Å². The third-order valence-corrected chi connectivity index (χ3v) is 5.18. The Bertz CT molecular complexity index is 604. The minimum atomic E-state index is 0.132. The summed E-state index contributed by atoms with van der Waals surface area (Å²) in [5.41, 5.74) is 2.16. The number of likely N-dealkylation sites (tertiary alicyclic amines) is 1. The number of hydrogen-bond acceptors (Lipinski definition) is 6. The van der Waals surface area contributed by atoms with Gasteiger partial charge >= 0.3 is 0 Å². The Hall–Kier alpha value is -1.73. The summed E-state index contributed by atoms with van der Waals surface area (Å²) in [5.74, 6) is 2.36. The monoisotopic (exact) mass is 347 g/mol. The molecule has 0 saturated carbocycles. The highest BCUT2D eigenvalue weighted by Gasteiger charge is 2.28. The van der Waals surface area contributed by atoms with Crippen LogP contribution in [0.15, 0.2) is 0 Å². The number of aromatic nitrogens is 2. The number of methoxy groups -OCH3 is 1.